The molecule has 2 rings (SSSR count). The predicted molar refractivity (Wildman–Crippen MR) is 70.7 cm³/mol. The molecule has 1 aromatic heterocycles. The minimum absolute atomic E-state index is 0.337. The maximum atomic E-state index is 5.45. The normalized spacial score (nSPS) is 20.9. The van der Waals surface area contributed by atoms with E-state index in [1.807, 2.05) is 6.20 Å². The third kappa shape index (κ3) is 3.43. The van der Waals surface area contributed by atoms with Gasteiger partial charge in [0.05, 0.1) is 13.3 Å². The van der Waals surface area contributed by atoms with Crippen LogP contribution in [-0.2, 0) is 4.74 Å². The molecule has 2 heterocycles. The summed E-state index contributed by atoms with van der Waals surface area (Å²) in [6, 6.07) is 2.40. The maximum absolute atomic E-state index is 5.45. The fraction of sp³-hybridized carbons (Fsp3) is 0.643. The van der Waals surface area contributed by atoms with E-state index in [0.29, 0.717) is 12.0 Å². The Morgan fingerprint density at radius 1 is 1.56 bits per heavy atom. The average molecular weight is 250 g/mol. The Kier molecular flexibility index (Phi) is 4.96. The van der Waals surface area contributed by atoms with Gasteiger partial charge in [0.1, 0.15) is 5.75 Å². The zero-order valence-electron chi connectivity index (χ0n) is 11.2. The highest BCUT2D eigenvalue weighted by molar-refractivity contribution is 5.26. The molecule has 0 spiro atoms. The number of rotatable bonds is 6. The summed E-state index contributed by atoms with van der Waals surface area (Å²) in [5, 5.41) is 3.53. The fourth-order valence-electron chi connectivity index (χ4n) is 2.42. The van der Waals surface area contributed by atoms with Crippen molar-refractivity contribution in [3.8, 4) is 5.75 Å². The van der Waals surface area contributed by atoms with Crippen molar-refractivity contribution in [3.05, 3.63) is 24.0 Å². The van der Waals surface area contributed by atoms with Gasteiger partial charge in [0.2, 0.25) is 0 Å². The molecule has 0 bridgehead atoms. The Bertz CT molecular complexity index is 365. The number of ether oxygens (including phenoxy) is 2. The fourth-order valence-corrected chi connectivity index (χ4v) is 2.42. The molecule has 100 valence electrons. The second kappa shape index (κ2) is 6.71. The molecular weight excluding hydrogens is 228 g/mol. The Hall–Kier alpha value is -1.13. The van der Waals surface area contributed by atoms with Crippen LogP contribution in [0.5, 0.6) is 5.75 Å². The van der Waals surface area contributed by atoms with Gasteiger partial charge in [-0.25, -0.2) is 0 Å². The average Bonchev–Trinajstić information content (AvgIpc) is 2.91. The first-order valence-corrected chi connectivity index (χ1v) is 6.63. The Morgan fingerprint density at radius 3 is 3.11 bits per heavy atom. The summed E-state index contributed by atoms with van der Waals surface area (Å²) >= 11 is 0. The molecule has 4 nitrogen and oxygen atoms in total. The van der Waals surface area contributed by atoms with E-state index in [0.717, 1.165) is 31.9 Å². The van der Waals surface area contributed by atoms with Crippen LogP contribution >= 0.6 is 0 Å². The van der Waals surface area contributed by atoms with Gasteiger partial charge in [-0.15, -0.1) is 0 Å². The van der Waals surface area contributed by atoms with Gasteiger partial charge in [0.15, 0.2) is 0 Å². The molecule has 2 unspecified atom stereocenters. The lowest BCUT2D eigenvalue weighted by Gasteiger charge is -2.21. The Balaban J connectivity index is 2.06. The number of hydrogen-bond acceptors (Lipinski definition) is 4. The summed E-state index contributed by atoms with van der Waals surface area (Å²) in [6.45, 7) is 4.88. The standard InChI is InChI=1S/C14H22N2O2/c1-3-16-14(6-11-4-5-18-10-11)12-7-13(17-2)9-15-8-12/h7-9,11,14,16H,3-6,10H2,1-2H3. The second-order valence-corrected chi connectivity index (χ2v) is 4.73. The van der Waals surface area contributed by atoms with Gasteiger partial charge in [-0.2, -0.15) is 0 Å². The van der Waals surface area contributed by atoms with Crippen molar-refractivity contribution in [3.63, 3.8) is 0 Å². The SMILES string of the molecule is CCNC(CC1CCOC1)c1cncc(OC)c1. The molecule has 1 aromatic rings. The summed E-state index contributed by atoms with van der Waals surface area (Å²) < 4.78 is 10.7. The lowest BCUT2D eigenvalue weighted by atomic mass is 9.95. The first-order valence-electron chi connectivity index (χ1n) is 6.63. The van der Waals surface area contributed by atoms with E-state index in [1.54, 1.807) is 13.3 Å². The largest absolute Gasteiger partial charge is 0.495 e. The van der Waals surface area contributed by atoms with Crippen LogP contribution in [0.15, 0.2) is 18.5 Å². The van der Waals surface area contributed by atoms with Crippen LogP contribution in [0.4, 0.5) is 0 Å². The molecule has 1 fully saturated rings. The van der Waals surface area contributed by atoms with Crippen LogP contribution in [-0.4, -0.2) is 31.9 Å². The summed E-state index contributed by atoms with van der Waals surface area (Å²) in [5.74, 6) is 1.47. The smallest absolute Gasteiger partial charge is 0.137 e. The first-order chi connectivity index (χ1) is 8.83. The molecule has 0 amide bonds. The van der Waals surface area contributed by atoms with E-state index in [9.17, 15) is 0 Å². The molecular formula is C14H22N2O2. The van der Waals surface area contributed by atoms with E-state index in [1.165, 1.54) is 12.0 Å². The minimum atomic E-state index is 0.337. The summed E-state index contributed by atoms with van der Waals surface area (Å²) in [7, 11) is 1.67. The molecule has 1 aliphatic rings. The number of nitrogens with zero attached hydrogens (tertiary/aromatic N) is 1. The first kappa shape index (κ1) is 13.3. The molecule has 18 heavy (non-hydrogen) atoms. The van der Waals surface area contributed by atoms with E-state index in [2.05, 4.69) is 23.3 Å². The third-order valence-corrected chi connectivity index (χ3v) is 3.42. The van der Waals surface area contributed by atoms with Gasteiger partial charge in [0.25, 0.3) is 0 Å². The summed E-state index contributed by atoms with van der Waals surface area (Å²) in [4.78, 5) is 4.24. The number of aromatic nitrogens is 1. The van der Waals surface area contributed by atoms with Gasteiger partial charge in [-0.1, -0.05) is 6.92 Å². The zero-order chi connectivity index (χ0) is 12.8. The number of hydrogen-bond donors (Lipinski definition) is 1. The van der Waals surface area contributed by atoms with E-state index < -0.39 is 0 Å². The number of pyridine rings is 1. The summed E-state index contributed by atoms with van der Waals surface area (Å²) in [5.41, 5.74) is 1.20. The second-order valence-electron chi connectivity index (χ2n) is 4.73. The maximum Gasteiger partial charge on any atom is 0.137 e. The number of methoxy groups -OCH3 is 1. The van der Waals surface area contributed by atoms with Gasteiger partial charge < -0.3 is 14.8 Å². The van der Waals surface area contributed by atoms with Gasteiger partial charge in [-0.3, -0.25) is 4.98 Å². The van der Waals surface area contributed by atoms with Gasteiger partial charge in [-0.05, 0) is 36.9 Å². The molecule has 2 atom stereocenters. The van der Waals surface area contributed by atoms with E-state index >= 15 is 0 Å². The highest BCUT2D eigenvalue weighted by Crippen LogP contribution is 2.27. The number of nitrogens with one attached hydrogen (secondary N) is 1. The van der Waals surface area contributed by atoms with Crippen LogP contribution in [0, 0.1) is 5.92 Å². The monoisotopic (exact) mass is 250 g/mol. The predicted octanol–water partition coefficient (Wildman–Crippen LogP) is 2.17. The van der Waals surface area contributed by atoms with Crippen LogP contribution in [0.25, 0.3) is 0 Å². The highest BCUT2D eigenvalue weighted by Gasteiger charge is 2.21. The molecule has 0 saturated carbocycles. The van der Waals surface area contributed by atoms with Crippen molar-refractivity contribution in [1.29, 1.82) is 0 Å². The molecule has 0 aromatic carbocycles. The minimum Gasteiger partial charge on any atom is -0.495 e. The lowest BCUT2D eigenvalue weighted by molar-refractivity contribution is 0.181. The highest BCUT2D eigenvalue weighted by atomic mass is 16.5. The van der Waals surface area contributed by atoms with Gasteiger partial charge >= 0.3 is 0 Å². The van der Waals surface area contributed by atoms with Crippen molar-refractivity contribution in [2.45, 2.75) is 25.8 Å². The molecule has 1 saturated heterocycles. The van der Waals surface area contributed by atoms with Crippen LogP contribution in [0.3, 0.4) is 0 Å². The topological polar surface area (TPSA) is 43.4 Å². The van der Waals surface area contributed by atoms with Crippen molar-refractivity contribution >= 4 is 0 Å². The van der Waals surface area contributed by atoms with E-state index in [4.69, 9.17) is 9.47 Å². The molecule has 0 aliphatic carbocycles. The van der Waals surface area contributed by atoms with Gasteiger partial charge in [0, 0.05) is 25.5 Å². The van der Waals surface area contributed by atoms with Crippen LogP contribution < -0.4 is 10.1 Å². The lowest BCUT2D eigenvalue weighted by Crippen LogP contribution is -2.24. The van der Waals surface area contributed by atoms with Crippen molar-refractivity contribution in [2.75, 3.05) is 26.9 Å². The molecule has 1 aliphatic heterocycles. The third-order valence-electron chi connectivity index (χ3n) is 3.42. The van der Waals surface area contributed by atoms with Crippen molar-refractivity contribution < 1.29 is 9.47 Å². The van der Waals surface area contributed by atoms with Crippen molar-refractivity contribution in [1.82, 2.24) is 10.3 Å². The van der Waals surface area contributed by atoms with Crippen LogP contribution in [0.2, 0.25) is 0 Å². The Labute approximate surface area is 109 Å². The molecule has 0 radical (unpaired) electrons. The zero-order valence-corrected chi connectivity index (χ0v) is 11.2. The molecule has 1 N–H and O–H groups in total. The summed E-state index contributed by atoms with van der Waals surface area (Å²) in [6.07, 6.45) is 5.93. The quantitative estimate of drug-likeness (QED) is 0.840. The molecule has 4 heteroatoms. The van der Waals surface area contributed by atoms with Crippen molar-refractivity contribution in [2.24, 2.45) is 5.92 Å². The van der Waals surface area contributed by atoms with Crippen LogP contribution in [0.1, 0.15) is 31.4 Å². The van der Waals surface area contributed by atoms with E-state index in [-0.39, 0.29) is 0 Å². The Morgan fingerprint density at radius 2 is 2.44 bits per heavy atom.